The van der Waals surface area contributed by atoms with E-state index in [9.17, 15) is 14.4 Å². The van der Waals surface area contributed by atoms with E-state index in [0.29, 0.717) is 29.8 Å². The summed E-state index contributed by atoms with van der Waals surface area (Å²) in [5, 5.41) is 2.34. The summed E-state index contributed by atoms with van der Waals surface area (Å²) in [4.78, 5) is 41.8. The molecule has 36 heavy (non-hydrogen) atoms. The van der Waals surface area contributed by atoms with Gasteiger partial charge < -0.3 is 4.90 Å². The van der Waals surface area contributed by atoms with Crippen LogP contribution in [-0.4, -0.2) is 46.7 Å². The smallest absolute Gasteiger partial charge is 0.255 e. The molecule has 2 saturated heterocycles. The first-order chi connectivity index (χ1) is 17.5. The van der Waals surface area contributed by atoms with E-state index < -0.39 is 11.9 Å². The van der Waals surface area contributed by atoms with Crippen molar-refractivity contribution in [2.45, 2.75) is 74.7 Å². The molecule has 3 aliphatic heterocycles. The number of nitrogens with zero attached hydrogens (tertiary/aromatic N) is 2. The largest absolute Gasteiger partial charge is 0.322 e. The quantitative estimate of drug-likeness (QED) is 0.454. The fraction of sp³-hybridized carbons (Fsp3) is 0.464. The number of halogens is 1. The molecule has 0 bridgehead atoms. The monoisotopic (exact) mass is 509 g/mol. The molecule has 5 rings (SSSR count). The molecule has 0 spiro atoms. The number of fused-ring (bicyclic) bond motifs is 1. The van der Waals surface area contributed by atoms with Crippen LogP contribution in [0.15, 0.2) is 41.3 Å². The number of hydrogen-bond acceptors (Lipinski definition) is 5. The van der Waals surface area contributed by atoms with Crippen LogP contribution in [0, 0.1) is 5.82 Å². The summed E-state index contributed by atoms with van der Waals surface area (Å²) in [6.45, 7) is 3.26. The van der Waals surface area contributed by atoms with Gasteiger partial charge in [-0.1, -0.05) is 37.5 Å². The number of thioether (sulfide) groups is 1. The summed E-state index contributed by atoms with van der Waals surface area (Å²) in [5.74, 6) is -0.646. The lowest BCUT2D eigenvalue weighted by atomic mass is 10.0. The number of piperidine rings is 1. The Kier molecular flexibility index (Phi) is 7.72. The van der Waals surface area contributed by atoms with Gasteiger partial charge in [-0.2, -0.15) is 0 Å². The van der Waals surface area contributed by atoms with E-state index in [2.05, 4.69) is 10.2 Å². The number of imide groups is 1. The summed E-state index contributed by atoms with van der Waals surface area (Å²) >= 11 is 1.51. The first-order valence-corrected chi connectivity index (χ1v) is 13.9. The van der Waals surface area contributed by atoms with Gasteiger partial charge in [0.1, 0.15) is 11.9 Å². The van der Waals surface area contributed by atoms with Crippen molar-refractivity contribution in [2.24, 2.45) is 0 Å². The SMILES string of the molecule is O=C1CCC(N2Cc3c(SCc4ccc(CN5CCCCCCC5)cc4F)cccc3C2=O)C(=O)N1. The van der Waals surface area contributed by atoms with E-state index in [4.69, 9.17) is 0 Å². The zero-order chi connectivity index (χ0) is 25.1. The Morgan fingerprint density at radius 2 is 1.78 bits per heavy atom. The number of benzene rings is 2. The van der Waals surface area contributed by atoms with Crippen LogP contribution in [0.3, 0.4) is 0 Å². The molecule has 0 saturated carbocycles. The van der Waals surface area contributed by atoms with Crippen molar-refractivity contribution >= 4 is 29.5 Å². The Balaban J connectivity index is 1.24. The number of hydrogen-bond donors (Lipinski definition) is 1. The van der Waals surface area contributed by atoms with Crippen LogP contribution in [0.5, 0.6) is 0 Å². The minimum absolute atomic E-state index is 0.193. The Bertz CT molecular complexity index is 1160. The van der Waals surface area contributed by atoms with Gasteiger partial charge in [-0.15, -0.1) is 11.8 Å². The molecule has 6 nitrogen and oxygen atoms in total. The number of carbonyl (C=O) groups is 3. The van der Waals surface area contributed by atoms with Crippen LogP contribution < -0.4 is 5.32 Å². The van der Waals surface area contributed by atoms with Crippen molar-refractivity contribution in [1.29, 1.82) is 0 Å². The Hall–Kier alpha value is -2.71. The van der Waals surface area contributed by atoms with Gasteiger partial charge in [0.2, 0.25) is 11.8 Å². The molecule has 0 radical (unpaired) electrons. The molecule has 2 aromatic carbocycles. The molecule has 1 unspecified atom stereocenters. The third-order valence-electron chi connectivity index (χ3n) is 7.39. The zero-order valence-corrected chi connectivity index (χ0v) is 21.2. The number of carbonyl (C=O) groups excluding carboxylic acids is 3. The van der Waals surface area contributed by atoms with Crippen LogP contribution >= 0.6 is 11.8 Å². The van der Waals surface area contributed by atoms with Crippen LogP contribution in [0.2, 0.25) is 0 Å². The molecule has 2 fully saturated rings. The molecular weight excluding hydrogens is 477 g/mol. The van der Waals surface area contributed by atoms with Gasteiger partial charge in [-0.3, -0.25) is 24.6 Å². The number of likely N-dealkylation sites (tertiary alicyclic amines) is 1. The molecule has 3 amide bonds. The number of nitrogens with one attached hydrogen (secondary N) is 1. The highest BCUT2D eigenvalue weighted by Gasteiger charge is 2.39. The van der Waals surface area contributed by atoms with Crippen LogP contribution in [-0.2, 0) is 28.4 Å². The summed E-state index contributed by atoms with van der Waals surface area (Å²) in [6, 6.07) is 10.5. The standard InChI is InChI=1S/C28H32FN3O3S/c29-23-15-19(16-31-13-4-2-1-3-5-14-31)9-10-20(23)18-36-25-8-6-7-21-22(25)17-32(28(21)35)24-11-12-26(33)30-27(24)34/h6-10,15,24H,1-5,11-14,16-18H2,(H,30,33,34). The van der Waals surface area contributed by atoms with E-state index in [0.717, 1.165) is 35.7 Å². The van der Waals surface area contributed by atoms with Crippen LogP contribution in [0.4, 0.5) is 4.39 Å². The average molecular weight is 510 g/mol. The van der Waals surface area contributed by atoms with E-state index in [1.807, 2.05) is 24.3 Å². The zero-order valence-electron chi connectivity index (χ0n) is 20.4. The second-order valence-corrected chi connectivity index (χ2v) is 11.0. The Morgan fingerprint density at radius 3 is 2.53 bits per heavy atom. The lowest BCUT2D eigenvalue weighted by Crippen LogP contribution is -2.52. The van der Waals surface area contributed by atoms with Crippen LogP contribution in [0.1, 0.15) is 72.0 Å². The van der Waals surface area contributed by atoms with Gasteiger partial charge in [-0.05, 0) is 67.2 Å². The molecule has 8 heteroatoms. The van der Waals surface area contributed by atoms with Gasteiger partial charge in [0.15, 0.2) is 0 Å². The maximum Gasteiger partial charge on any atom is 0.255 e. The average Bonchev–Trinajstić information content (AvgIpc) is 3.17. The predicted molar refractivity (Wildman–Crippen MR) is 137 cm³/mol. The van der Waals surface area contributed by atoms with Gasteiger partial charge in [0.05, 0.1) is 0 Å². The van der Waals surface area contributed by atoms with Gasteiger partial charge in [0.25, 0.3) is 5.91 Å². The Labute approximate surface area is 215 Å². The van der Waals surface area contributed by atoms with Crippen molar-refractivity contribution in [3.63, 3.8) is 0 Å². The fourth-order valence-corrected chi connectivity index (χ4v) is 6.45. The summed E-state index contributed by atoms with van der Waals surface area (Å²) in [5.41, 5.74) is 3.09. The molecule has 3 aliphatic rings. The molecule has 0 aromatic heterocycles. The third kappa shape index (κ3) is 5.49. The number of rotatable bonds is 6. The minimum Gasteiger partial charge on any atom is -0.322 e. The van der Waals surface area contributed by atoms with Crippen molar-refractivity contribution in [1.82, 2.24) is 15.1 Å². The van der Waals surface area contributed by atoms with E-state index in [1.165, 1.54) is 43.9 Å². The second-order valence-electron chi connectivity index (χ2n) is 9.94. The molecule has 1 atom stereocenters. The van der Waals surface area contributed by atoms with E-state index in [1.54, 1.807) is 17.0 Å². The molecule has 3 heterocycles. The lowest BCUT2D eigenvalue weighted by molar-refractivity contribution is -0.136. The molecule has 2 aromatic rings. The van der Waals surface area contributed by atoms with Gasteiger partial charge in [0, 0.05) is 35.7 Å². The van der Waals surface area contributed by atoms with Crippen LogP contribution in [0.25, 0.3) is 0 Å². The molecule has 190 valence electrons. The predicted octanol–water partition coefficient (Wildman–Crippen LogP) is 4.65. The highest BCUT2D eigenvalue weighted by atomic mass is 32.2. The maximum absolute atomic E-state index is 15.0. The molecular formula is C28H32FN3O3S. The number of amides is 3. The maximum atomic E-state index is 15.0. The van der Waals surface area contributed by atoms with Crippen molar-refractivity contribution in [3.05, 3.63) is 64.5 Å². The fourth-order valence-electron chi connectivity index (χ4n) is 5.38. The van der Waals surface area contributed by atoms with Gasteiger partial charge in [-0.25, -0.2) is 4.39 Å². The molecule has 1 N–H and O–H groups in total. The van der Waals surface area contributed by atoms with Crippen molar-refractivity contribution in [3.8, 4) is 0 Å². The topological polar surface area (TPSA) is 69.7 Å². The Morgan fingerprint density at radius 1 is 1.00 bits per heavy atom. The van der Waals surface area contributed by atoms with Crippen molar-refractivity contribution < 1.29 is 18.8 Å². The van der Waals surface area contributed by atoms with E-state index >= 15 is 4.39 Å². The summed E-state index contributed by atoms with van der Waals surface area (Å²) < 4.78 is 15.0. The van der Waals surface area contributed by atoms with Gasteiger partial charge >= 0.3 is 0 Å². The second kappa shape index (κ2) is 11.1. The highest BCUT2D eigenvalue weighted by Crippen LogP contribution is 2.36. The summed E-state index contributed by atoms with van der Waals surface area (Å²) in [6.07, 6.45) is 6.86. The normalized spacial score (nSPS) is 21.2. The van der Waals surface area contributed by atoms with Crippen molar-refractivity contribution in [2.75, 3.05) is 13.1 Å². The third-order valence-corrected chi connectivity index (χ3v) is 8.54. The van der Waals surface area contributed by atoms with E-state index in [-0.39, 0.29) is 24.1 Å². The minimum atomic E-state index is -0.640. The summed E-state index contributed by atoms with van der Waals surface area (Å²) in [7, 11) is 0. The highest BCUT2D eigenvalue weighted by molar-refractivity contribution is 7.98. The molecule has 0 aliphatic carbocycles. The first kappa shape index (κ1) is 25.0. The first-order valence-electron chi connectivity index (χ1n) is 12.9. The lowest BCUT2D eigenvalue weighted by Gasteiger charge is -2.29.